The van der Waals surface area contributed by atoms with Gasteiger partial charge in [0, 0.05) is 37.9 Å². The number of sulfonamides is 1. The van der Waals surface area contributed by atoms with Crippen molar-refractivity contribution in [2.75, 3.05) is 27.4 Å². The van der Waals surface area contributed by atoms with Crippen LogP contribution >= 0.6 is 0 Å². The molecule has 0 unspecified atom stereocenters. The highest BCUT2D eigenvalue weighted by atomic mass is 32.2. The van der Waals surface area contributed by atoms with Gasteiger partial charge in [0.05, 0.1) is 18.1 Å². The lowest BCUT2D eigenvalue weighted by Gasteiger charge is -2.20. The minimum atomic E-state index is -3.67. The van der Waals surface area contributed by atoms with Gasteiger partial charge in [0.15, 0.2) is 0 Å². The summed E-state index contributed by atoms with van der Waals surface area (Å²) in [4.78, 5) is 12.7. The van der Waals surface area contributed by atoms with E-state index in [0.717, 1.165) is 0 Å². The second-order valence-electron chi connectivity index (χ2n) is 6.66. The van der Waals surface area contributed by atoms with Crippen molar-refractivity contribution >= 4 is 15.9 Å². The van der Waals surface area contributed by atoms with E-state index in [-0.39, 0.29) is 23.4 Å². The molecule has 0 saturated carbocycles. The molecule has 0 fully saturated rings. The van der Waals surface area contributed by atoms with Crippen LogP contribution in [0.25, 0.3) is 0 Å². The molecule has 1 amide bonds. The number of hydrogen-bond donors (Lipinski definition) is 1. The summed E-state index contributed by atoms with van der Waals surface area (Å²) in [5, 5.41) is 2.85. The van der Waals surface area contributed by atoms with Crippen LogP contribution in [0.5, 0.6) is 5.75 Å². The molecule has 0 aromatic heterocycles. The van der Waals surface area contributed by atoms with Crippen LogP contribution in [0.2, 0.25) is 0 Å². The first-order chi connectivity index (χ1) is 13.8. The highest BCUT2D eigenvalue weighted by Gasteiger charge is 2.22. The predicted molar refractivity (Wildman–Crippen MR) is 112 cm³/mol. The largest absolute Gasteiger partial charge is 0.494 e. The molecular formula is C21H28N2O5S. The SMILES string of the molecule is CCOc1ccc(C(=O)N[C@H](C)COC)cc1CN(C)S(=O)(=O)c1ccccc1. The van der Waals surface area contributed by atoms with Crippen molar-refractivity contribution < 1.29 is 22.7 Å². The highest BCUT2D eigenvalue weighted by molar-refractivity contribution is 7.89. The smallest absolute Gasteiger partial charge is 0.251 e. The number of amides is 1. The van der Waals surface area contributed by atoms with E-state index in [9.17, 15) is 13.2 Å². The molecule has 0 aliphatic heterocycles. The van der Waals surface area contributed by atoms with Gasteiger partial charge in [-0.3, -0.25) is 4.79 Å². The standard InChI is InChI=1S/C21H28N2O5S/c1-5-28-20-12-11-17(21(24)22-16(2)15-27-4)13-18(20)14-23(3)29(25,26)19-9-7-6-8-10-19/h6-13,16H,5,14-15H2,1-4H3,(H,22,24)/t16-/m1/s1. The third-order valence-corrected chi connectivity index (χ3v) is 6.08. The third-order valence-electron chi connectivity index (χ3n) is 4.26. The fourth-order valence-electron chi connectivity index (χ4n) is 2.84. The van der Waals surface area contributed by atoms with Crippen LogP contribution in [0, 0.1) is 0 Å². The van der Waals surface area contributed by atoms with Crippen molar-refractivity contribution in [3.63, 3.8) is 0 Å². The van der Waals surface area contributed by atoms with Gasteiger partial charge in [-0.1, -0.05) is 18.2 Å². The van der Waals surface area contributed by atoms with Gasteiger partial charge in [-0.25, -0.2) is 8.42 Å². The normalized spacial score (nSPS) is 12.6. The van der Waals surface area contributed by atoms with E-state index >= 15 is 0 Å². The van der Waals surface area contributed by atoms with Crippen molar-refractivity contribution in [3.8, 4) is 5.75 Å². The van der Waals surface area contributed by atoms with Gasteiger partial charge >= 0.3 is 0 Å². The number of methoxy groups -OCH3 is 1. The number of hydrogen-bond acceptors (Lipinski definition) is 5. The van der Waals surface area contributed by atoms with E-state index < -0.39 is 10.0 Å². The van der Waals surface area contributed by atoms with E-state index in [0.29, 0.717) is 30.1 Å². The maximum Gasteiger partial charge on any atom is 0.251 e. The first-order valence-corrected chi connectivity index (χ1v) is 10.8. The number of nitrogens with zero attached hydrogens (tertiary/aromatic N) is 1. The van der Waals surface area contributed by atoms with Crippen LogP contribution in [-0.4, -0.2) is 52.0 Å². The fourth-order valence-corrected chi connectivity index (χ4v) is 4.01. The summed E-state index contributed by atoms with van der Waals surface area (Å²) >= 11 is 0. The minimum Gasteiger partial charge on any atom is -0.494 e. The number of benzene rings is 2. The third kappa shape index (κ3) is 6.03. The van der Waals surface area contributed by atoms with Crippen molar-refractivity contribution in [1.29, 1.82) is 0 Å². The molecule has 0 aliphatic rings. The van der Waals surface area contributed by atoms with Gasteiger partial charge in [0.1, 0.15) is 5.75 Å². The van der Waals surface area contributed by atoms with Crippen LogP contribution in [0.15, 0.2) is 53.4 Å². The maximum atomic E-state index is 12.8. The zero-order valence-corrected chi connectivity index (χ0v) is 18.0. The minimum absolute atomic E-state index is 0.0707. The summed E-state index contributed by atoms with van der Waals surface area (Å²) in [6.07, 6.45) is 0. The monoisotopic (exact) mass is 420 g/mol. The second-order valence-corrected chi connectivity index (χ2v) is 8.70. The lowest BCUT2D eigenvalue weighted by molar-refractivity contribution is 0.0905. The topological polar surface area (TPSA) is 84.9 Å². The zero-order valence-electron chi connectivity index (χ0n) is 17.2. The molecule has 7 nitrogen and oxygen atoms in total. The molecule has 0 aliphatic carbocycles. The Bertz CT molecular complexity index is 916. The van der Waals surface area contributed by atoms with Crippen molar-refractivity contribution in [3.05, 3.63) is 59.7 Å². The summed E-state index contributed by atoms with van der Waals surface area (Å²) in [5.74, 6) is 0.288. The van der Waals surface area contributed by atoms with E-state index in [4.69, 9.17) is 9.47 Å². The number of rotatable bonds is 10. The van der Waals surface area contributed by atoms with Crippen LogP contribution in [-0.2, 0) is 21.3 Å². The van der Waals surface area contributed by atoms with Crippen molar-refractivity contribution in [2.24, 2.45) is 0 Å². The van der Waals surface area contributed by atoms with Gasteiger partial charge in [0.25, 0.3) is 5.91 Å². The summed E-state index contributed by atoms with van der Waals surface area (Å²) in [7, 11) is -0.592. The maximum absolute atomic E-state index is 12.8. The summed E-state index contributed by atoms with van der Waals surface area (Å²) in [5.41, 5.74) is 1.04. The molecule has 0 heterocycles. The molecule has 0 saturated heterocycles. The Morgan fingerprint density at radius 3 is 2.48 bits per heavy atom. The Balaban J connectivity index is 2.28. The molecule has 0 bridgehead atoms. The average Bonchev–Trinajstić information content (AvgIpc) is 2.70. The Labute approximate surface area is 172 Å². The van der Waals surface area contributed by atoms with Gasteiger partial charge in [-0.05, 0) is 44.2 Å². The fraction of sp³-hybridized carbons (Fsp3) is 0.381. The first kappa shape index (κ1) is 22.9. The van der Waals surface area contributed by atoms with Crippen LogP contribution in [0.4, 0.5) is 0 Å². The van der Waals surface area contributed by atoms with Crippen molar-refractivity contribution in [2.45, 2.75) is 31.3 Å². The van der Waals surface area contributed by atoms with E-state index in [1.165, 1.54) is 11.4 Å². The van der Waals surface area contributed by atoms with E-state index in [1.807, 2.05) is 13.8 Å². The molecule has 2 rings (SSSR count). The lowest BCUT2D eigenvalue weighted by atomic mass is 10.1. The Morgan fingerprint density at radius 2 is 1.86 bits per heavy atom. The molecule has 0 spiro atoms. The molecule has 2 aromatic rings. The Hall–Kier alpha value is -2.42. The molecular weight excluding hydrogens is 392 g/mol. The van der Waals surface area contributed by atoms with Gasteiger partial charge in [-0.2, -0.15) is 4.31 Å². The average molecular weight is 421 g/mol. The summed E-state index contributed by atoms with van der Waals surface area (Å²) < 4.78 is 37.6. The van der Waals surface area contributed by atoms with Gasteiger partial charge < -0.3 is 14.8 Å². The summed E-state index contributed by atoms with van der Waals surface area (Å²) in [6.45, 7) is 4.59. The number of carbonyl (C=O) groups excluding carboxylic acids is 1. The molecule has 1 atom stereocenters. The van der Waals surface area contributed by atoms with Crippen LogP contribution in [0.1, 0.15) is 29.8 Å². The second kappa shape index (κ2) is 10.4. The van der Waals surface area contributed by atoms with E-state index in [2.05, 4.69) is 5.32 Å². The van der Waals surface area contributed by atoms with Crippen LogP contribution in [0.3, 0.4) is 0 Å². The Kier molecular flexibility index (Phi) is 8.19. The van der Waals surface area contributed by atoms with Gasteiger partial charge in [-0.15, -0.1) is 0 Å². The molecule has 0 radical (unpaired) electrons. The molecule has 8 heteroatoms. The quantitative estimate of drug-likeness (QED) is 0.639. The summed E-state index contributed by atoms with van der Waals surface area (Å²) in [6, 6.07) is 13.1. The molecule has 158 valence electrons. The zero-order chi connectivity index (χ0) is 21.4. The molecule has 29 heavy (non-hydrogen) atoms. The molecule has 2 aromatic carbocycles. The predicted octanol–water partition coefficient (Wildman–Crippen LogP) is 2.67. The van der Waals surface area contributed by atoms with Gasteiger partial charge in [0.2, 0.25) is 10.0 Å². The van der Waals surface area contributed by atoms with Crippen LogP contribution < -0.4 is 10.1 Å². The Morgan fingerprint density at radius 1 is 1.17 bits per heavy atom. The van der Waals surface area contributed by atoms with E-state index in [1.54, 1.807) is 55.6 Å². The number of carbonyl (C=O) groups is 1. The highest BCUT2D eigenvalue weighted by Crippen LogP contribution is 2.24. The van der Waals surface area contributed by atoms with Crippen molar-refractivity contribution in [1.82, 2.24) is 9.62 Å². The number of nitrogens with one attached hydrogen (secondary N) is 1. The first-order valence-electron chi connectivity index (χ1n) is 9.36. The lowest BCUT2D eigenvalue weighted by Crippen LogP contribution is -2.35. The molecule has 1 N–H and O–H groups in total. The number of ether oxygens (including phenoxy) is 2.